The van der Waals surface area contributed by atoms with Gasteiger partial charge in [0.05, 0.1) is 7.11 Å². The molecule has 114 valence electrons. The van der Waals surface area contributed by atoms with E-state index < -0.39 is 18.5 Å². The number of imidazole rings is 1. The molecule has 8 heteroatoms. The first-order valence-electron chi connectivity index (χ1n) is 5.92. The van der Waals surface area contributed by atoms with Gasteiger partial charge in [0.1, 0.15) is 24.7 Å². The number of rotatable bonds is 5. The largest absolute Gasteiger partial charge is 0.494 e. The van der Waals surface area contributed by atoms with Crippen molar-refractivity contribution in [2.24, 2.45) is 0 Å². The van der Waals surface area contributed by atoms with E-state index in [1.807, 2.05) is 0 Å². The Kier molecular flexibility index (Phi) is 4.35. The molecular weight excluding hydrogens is 292 g/mol. The fraction of sp³-hybridized carbons (Fsp3) is 0.308. The molecule has 0 N–H and O–H groups in total. The van der Waals surface area contributed by atoms with Gasteiger partial charge in [-0.1, -0.05) is 0 Å². The molecule has 0 aliphatic rings. The molecule has 4 nitrogen and oxygen atoms in total. The molecule has 0 saturated carbocycles. The Morgan fingerprint density at radius 2 is 2.05 bits per heavy atom. The first-order chi connectivity index (χ1) is 9.89. The smallest absolute Gasteiger partial charge is 0.406 e. The summed E-state index contributed by atoms with van der Waals surface area (Å²) in [5, 5.41) is 0. The third-order valence-corrected chi connectivity index (χ3v) is 2.64. The van der Waals surface area contributed by atoms with Crippen LogP contribution in [-0.2, 0) is 13.2 Å². The number of benzene rings is 1. The maximum absolute atomic E-state index is 13.4. The van der Waals surface area contributed by atoms with Crippen LogP contribution in [-0.4, -0.2) is 22.8 Å². The second-order valence-electron chi connectivity index (χ2n) is 4.17. The second-order valence-corrected chi connectivity index (χ2v) is 4.17. The van der Waals surface area contributed by atoms with Crippen molar-refractivity contribution in [2.45, 2.75) is 19.3 Å². The summed E-state index contributed by atoms with van der Waals surface area (Å²) >= 11 is 0. The Balaban J connectivity index is 2.03. The minimum absolute atomic E-state index is 0.0564. The van der Waals surface area contributed by atoms with Crippen molar-refractivity contribution in [2.75, 3.05) is 7.11 Å². The zero-order valence-corrected chi connectivity index (χ0v) is 11.0. The van der Waals surface area contributed by atoms with Gasteiger partial charge < -0.3 is 14.0 Å². The van der Waals surface area contributed by atoms with E-state index in [2.05, 4.69) is 4.98 Å². The molecule has 0 atom stereocenters. The fourth-order valence-electron chi connectivity index (χ4n) is 1.70. The zero-order valence-electron chi connectivity index (χ0n) is 11.0. The average Bonchev–Trinajstić information content (AvgIpc) is 2.81. The molecule has 0 aliphatic heterocycles. The lowest BCUT2D eigenvalue weighted by Gasteiger charge is -2.12. The topological polar surface area (TPSA) is 36.3 Å². The summed E-state index contributed by atoms with van der Waals surface area (Å²) in [6.07, 6.45) is -1.89. The van der Waals surface area contributed by atoms with Crippen LogP contribution in [0.2, 0.25) is 0 Å². The summed E-state index contributed by atoms with van der Waals surface area (Å²) in [5.74, 6) is -0.284. The zero-order chi connectivity index (χ0) is 15.5. The van der Waals surface area contributed by atoms with Crippen molar-refractivity contribution in [3.8, 4) is 11.5 Å². The van der Waals surface area contributed by atoms with Crippen LogP contribution in [0.25, 0.3) is 0 Å². The van der Waals surface area contributed by atoms with E-state index in [9.17, 15) is 17.6 Å². The summed E-state index contributed by atoms with van der Waals surface area (Å²) in [7, 11) is 1.33. The van der Waals surface area contributed by atoms with Crippen LogP contribution in [0.1, 0.15) is 5.82 Å². The van der Waals surface area contributed by atoms with Crippen LogP contribution in [0.4, 0.5) is 17.6 Å². The van der Waals surface area contributed by atoms with Crippen LogP contribution in [0.3, 0.4) is 0 Å². The van der Waals surface area contributed by atoms with Gasteiger partial charge in [-0.05, 0) is 12.1 Å². The van der Waals surface area contributed by atoms with E-state index in [4.69, 9.17) is 9.47 Å². The second kappa shape index (κ2) is 6.02. The minimum atomic E-state index is -4.35. The van der Waals surface area contributed by atoms with Gasteiger partial charge in [0, 0.05) is 18.5 Å². The molecule has 2 rings (SSSR count). The number of alkyl halides is 3. The summed E-state index contributed by atoms with van der Waals surface area (Å²) in [6, 6.07) is 3.92. The highest BCUT2D eigenvalue weighted by molar-refractivity contribution is 5.33. The van der Waals surface area contributed by atoms with Gasteiger partial charge in [0.25, 0.3) is 0 Å². The SMILES string of the molecule is COc1ccc(OCc2nccn2CC(F)(F)F)cc1F. The van der Waals surface area contributed by atoms with Gasteiger partial charge in [-0.15, -0.1) is 0 Å². The van der Waals surface area contributed by atoms with Crippen molar-refractivity contribution in [3.63, 3.8) is 0 Å². The standard InChI is InChI=1S/C13H12F4N2O2/c1-20-11-3-2-9(6-10(11)14)21-7-12-18-4-5-19(12)8-13(15,16)17/h2-6H,7-8H2,1H3. The fourth-order valence-corrected chi connectivity index (χ4v) is 1.70. The number of aromatic nitrogens is 2. The van der Waals surface area contributed by atoms with Crippen molar-refractivity contribution in [1.82, 2.24) is 9.55 Å². The average molecular weight is 304 g/mol. The summed E-state index contributed by atoms with van der Waals surface area (Å²) < 4.78 is 61.4. The molecule has 0 fully saturated rings. The quantitative estimate of drug-likeness (QED) is 0.796. The highest BCUT2D eigenvalue weighted by Crippen LogP contribution is 2.23. The van der Waals surface area contributed by atoms with Crippen LogP contribution >= 0.6 is 0 Å². The van der Waals surface area contributed by atoms with E-state index in [0.717, 1.165) is 10.6 Å². The van der Waals surface area contributed by atoms with E-state index in [-0.39, 0.29) is 23.9 Å². The summed E-state index contributed by atoms with van der Waals surface area (Å²) in [6.45, 7) is -1.35. The lowest BCUT2D eigenvalue weighted by Crippen LogP contribution is -2.19. The molecule has 1 aromatic carbocycles. The molecule has 0 amide bonds. The van der Waals surface area contributed by atoms with Crippen LogP contribution in [0.15, 0.2) is 30.6 Å². The Hall–Kier alpha value is -2.25. The predicted molar refractivity (Wildman–Crippen MR) is 65.6 cm³/mol. The van der Waals surface area contributed by atoms with Crippen LogP contribution in [0.5, 0.6) is 11.5 Å². The van der Waals surface area contributed by atoms with Crippen molar-refractivity contribution in [1.29, 1.82) is 0 Å². The van der Waals surface area contributed by atoms with E-state index >= 15 is 0 Å². The maximum atomic E-state index is 13.4. The Morgan fingerprint density at radius 3 is 2.67 bits per heavy atom. The molecular formula is C13H12F4N2O2. The van der Waals surface area contributed by atoms with E-state index in [1.165, 1.54) is 31.6 Å². The van der Waals surface area contributed by atoms with Crippen molar-refractivity contribution >= 4 is 0 Å². The Labute approximate surface area is 117 Å². The highest BCUT2D eigenvalue weighted by atomic mass is 19.4. The highest BCUT2D eigenvalue weighted by Gasteiger charge is 2.28. The van der Waals surface area contributed by atoms with Crippen molar-refractivity contribution in [3.05, 3.63) is 42.2 Å². The van der Waals surface area contributed by atoms with Gasteiger partial charge in [0.2, 0.25) is 0 Å². The van der Waals surface area contributed by atoms with Crippen molar-refractivity contribution < 1.29 is 27.0 Å². The normalized spacial score (nSPS) is 11.5. The van der Waals surface area contributed by atoms with Crippen LogP contribution in [0, 0.1) is 5.82 Å². The predicted octanol–water partition coefficient (Wildman–Crippen LogP) is 3.17. The molecule has 0 unspecified atom stereocenters. The number of ether oxygens (including phenoxy) is 2. The van der Waals surface area contributed by atoms with Gasteiger partial charge >= 0.3 is 6.18 Å². The van der Waals surface area contributed by atoms with Gasteiger partial charge in [-0.2, -0.15) is 13.2 Å². The lowest BCUT2D eigenvalue weighted by atomic mass is 10.3. The first kappa shape index (κ1) is 15.1. The number of nitrogens with zero attached hydrogens (tertiary/aromatic N) is 2. The molecule has 0 aliphatic carbocycles. The summed E-state index contributed by atoms with van der Waals surface area (Å²) in [4.78, 5) is 3.79. The molecule has 2 aromatic rings. The number of methoxy groups -OCH3 is 1. The monoisotopic (exact) mass is 304 g/mol. The Morgan fingerprint density at radius 1 is 1.29 bits per heavy atom. The number of hydrogen-bond acceptors (Lipinski definition) is 3. The minimum Gasteiger partial charge on any atom is -0.494 e. The maximum Gasteiger partial charge on any atom is 0.406 e. The number of halogens is 4. The molecule has 0 saturated heterocycles. The molecule has 21 heavy (non-hydrogen) atoms. The first-order valence-corrected chi connectivity index (χ1v) is 5.92. The molecule has 1 aromatic heterocycles. The third kappa shape index (κ3) is 4.11. The molecule has 1 heterocycles. The molecule has 0 spiro atoms. The third-order valence-electron chi connectivity index (χ3n) is 2.64. The van der Waals surface area contributed by atoms with Gasteiger partial charge in [-0.25, -0.2) is 9.37 Å². The summed E-state index contributed by atoms with van der Waals surface area (Å²) in [5.41, 5.74) is 0. The lowest BCUT2D eigenvalue weighted by molar-refractivity contribution is -0.141. The van der Waals surface area contributed by atoms with E-state index in [0.29, 0.717) is 0 Å². The van der Waals surface area contributed by atoms with Gasteiger partial charge in [0.15, 0.2) is 11.6 Å². The van der Waals surface area contributed by atoms with E-state index in [1.54, 1.807) is 0 Å². The molecule has 0 bridgehead atoms. The van der Waals surface area contributed by atoms with Gasteiger partial charge in [-0.3, -0.25) is 0 Å². The van der Waals surface area contributed by atoms with Crippen LogP contribution < -0.4 is 9.47 Å². The molecule has 0 radical (unpaired) electrons. The number of hydrogen-bond donors (Lipinski definition) is 0. The Bertz CT molecular complexity index is 610.